The maximum absolute atomic E-state index is 5.38. The molecule has 1 N–H and O–H groups in total. The van der Waals surface area contributed by atoms with Crippen molar-refractivity contribution in [1.82, 2.24) is 5.32 Å². The van der Waals surface area contributed by atoms with Crippen LogP contribution in [-0.4, -0.2) is 20.8 Å². The standard InChI is InChI=1S/C17H28BrNO2/c1-11(2)14(12(3)4)10-19-9-13-7-15(18)17(21-6)16(8-13)20-5/h7-8,11-12,14,19H,9-10H2,1-6H3. The Hall–Kier alpha value is -0.740. The number of methoxy groups -OCH3 is 2. The molecule has 1 rings (SSSR count). The van der Waals surface area contributed by atoms with Gasteiger partial charge >= 0.3 is 0 Å². The summed E-state index contributed by atoms with van der Waals surface area (Å²) in [7, 11) is 3.31. The van der Waals surface area contributed by atoms with Crippen LogP contribution in [0.3, 0.4) is 0 Å². The van der Waals surface area contributed by atoms with E-state index < -0.39 is 0 Å². The van der Waals surface area contributed by atoms with E-state index in [9.17, 15) is 0 Å². The molecule has 0 aromatic heterocycles. The average molecular weight is 358 g/mol. The van der Waals surface area contributed by atoms with Crippen LogP contribution in [0.2, 0.25) is 0 Å². The summed E-state index contributed by atoms with van der Waals surface area (Å²) in [6, 6.07) is 4.10. The Bertz CT molecular complexity index is 439. The topological polar surface area (TPSA) is 30.5 Å². The summed E-state index contributed by atoms with van der Waals surface area (Å²) in [5.41, 5.74) is 1.19. The molecule has 0 spiro atoms. The Balaban J connectivity index is 2.70. The van der Waals surface area contributed by atoms with Crippen molar-refractivity contribution in [2.45, 2.75) is 34.2 Å². The molecule has 0 unspecified atom stereocenters. The fourth-order valence-corrected chi connectivity index (χ4v) is 3.35. The molecule has 4 heteroatoms. The Morgan fingerprint density at radius 2 is 1.67 bits per heavy atom. The van der Waals surface area contributed by atoms with Crippen molar-refractivity contribution >= 4 is 15.9 Å². The molecule has 0 aliphatic carbocycles. The highest BCUT2D eigenvalue weighted by molar-refractivity contribution is 9.10. The van der Waals surface area contributed by atoms with E-state index in [2.05, 4.69) is 55.0 Å². The van der Waals surface area contributed by atoms with Gasteiger partial charge in [-0.25, -0.2) is 0 Å². The molecule has 3 nitrogen and oxygen atoms in total. The zero-order valence-corrected chi connectivity index (χ0v) is 15.6. The van der Waals surface area contributed by atoms with E-state index in [1.165, 1.54) is 5.56 Å². The van der Waals surface area contributed by atoms with Crippen molar-refractivity contribution < 1.29 is 9.47 Å². The van der Waals surface area contributed by atoms with Gasteiger partial charge in [0.05, 0.1) is 18.7 Å². The number of hydrogen-bond acceptors (Lipinski definition) is 3. The third kappa shape index (κ3) is 5.19. The van der Waals surface area contributed by atoms with E-state index in [-0.39, 0.29) is 0 Å². The van der Waals surface area contributed by atoms with E-state index in [1.807, 2.05) is 6.07 Å². The molecule has 1 aromatic rings. The maximum atomic E-state index is 5.38. The molecule has 0 radical (unpaired) electrons. The van der Waals surface area contributed by atoms with Gasteiger partial charge in [-0.05, 0) is 57.9 Å². The lowest BCUT2D eigenvalue weighted by atomic mass is 9.85. The summed E-state index contributed by atoms with van der Waals surface area (Å²) in [6.07, 6.45) is 0. The average Bonchev–Trinajstić information content (AvgIpc) is 2.41. The fourth-order valence-electron chi connectivity index (χ4n) is 2.70. The van der Waals surface area contributed by atoms with E-state index >= 15 is 0 Å². The lowest BCUT2D eigenvalue weighted by Crippen LogP contribution is -2.29. The number of hydrogen-bond donors (Lipinski definition) is 1. The van der Waals surface area contributed by atoms with Gasteiger partial charge in [-0.2, -0.15) is 0 Å². The van der Waals surface area contributed by atoms with E-state index in [4.69, 9.17) is 9.47 Å². The molecule has 0 saturated carbocycles. The van der Waals surface area contributed by atoms with Crippen LogP contribution in [0, 0.1) is 17.8 Å². The maximum Gasteiger partial charge on any atom is 0.174 e. The van der Waals surface area contributed by atoms with Crippen molar-refractivity contribution in [2.24, 2.45) is 17.8 Å². The lowest BCUT2D eigenvalue weighted by Gasteiger charge is -2.25. The van der Waals surface area contributed by atoms with Gasteiger partial charge in [-0.3, -0.25) is 0 Å². The third-order valence-electron chi connectivity index (χ3n) is 3.92. The number of ether oxygens (including phenoxy) is 2. The van der Waals surface area contributed by atoms with Crippen LogP contribution in [0.5, 0.6) is 11.5 Å². The lowest BCUT2D eigenvalue weighted by molar-refractivity contribution is 0.275. The monoisotopic (exact) mass is 357 g/mol. The number of nitrogens with one attached hydrogen (secondary N) is 1. The third-order valence-corrected chi connectivity index (χ3v) is 4.50. The largest absolute Gasteiger partial charge is 0.493 e. The molecule has 0 amide bonds. The first-order valence-corrected chi connectivity index (χ1v) is 8.31. The minimum atomic E-state index is 0.689. The van der Waals surface area contributed by atoms with Crippen molar-refractivity contribution in [3.8, 4) is 11.5 Å². The highest BCUT2D eigenvalue weighted by Gasteiger charge is 2.17. The van der Waals surface area contributed by atoms with E-state index in [1.54, 1.807) is 14.2 Å². The highest BCUT2D eigenvalue weighted by Crippen LogP contribution is 2.36. The van der Waals surface area contributed by atoms with Gasteiger partial charge in [-0.15, -0.1) is 0 Å². The predicted octanol–water partition coefficient (Wildman–Crippen LogP) is 4.48. The molecule has 21 heavy (non-hydrogen) atoms. The molecule has 120 valence electrons. The fraction of sp³-hybridized carbons (Fsp3) is 0.647. The second kappa shape index (κ2) is 8.64. The first-order chi connectivity index (χ1) is 9.90. The summed E-state index contributed by atoms with van der Waals surface area (Å²) in [5.74, 6) is 3.56. The molecule has 1 aromatic carbocycles. The van der Waals surface area contributed by atoms with Crippen LogP contribution in [0.15, 0.2) is 16.6 Å². The van der Waals surface area contributed by atoms with Crippen LogP contribution < -0.4 is 14.8 Å². The van der Waals surface area contributed by atoms with Crippen LogP contribution in [0.25, 0.3) is 0 Å². The van der Waals surface area contributed by atoms with Gasteiger partial charge < -0.3 is 14.8 Å². The van der Waals surface area contributed by atoms with Crippen LogP contribution >= 0.6 is 15.9 Å². The van der Waals surface area contributed by atoms with Crippen LogP contribution in [0.4, 0.5) is 0 Å². The minimum absolute atomic E-state index is 0.689. The van der Waals surface area contributed by atoms with Gasteiger partial charge in [-0.1, -0.05) is 27.7 Å². The molecular formula is C17H28BrNO2. The summed E-state index contributed by atoms with van der Waals surface area (Å²) < 4.78 is 11.6. The van der Waals surface area contributed by atoms with E-state index in [0.717, 1.165) is 29.1 Å². The molecule has 0 saturated heterocycles. The van der Waals surface area contributed by atoms with Crippen LogP contribution in [-0.2, 0) is 6.54 Å². The number of benzene rings is 1. The second-order valence-corrected chi connectivity index (χ2v) is 6.95. The second-order valence-electron chi connectivity index (χ2n) is 6.10. The van der Waals surface area contributed by atoms with Crippen molar-refractivity contribution in [2.75, 3.05) is 20.8 Å². The van der Waals surface area contributed by atoms with Crippen molar-refractivity contribution in [3.63, 3.8) is 0 Å². The van der Waals surface area contributed by atoms with Gasteiger partial charge in [0.15, 0.2) is 11.5 Å². The Morgan fingerprint density at radius 3 is 2.14 bits per heavy atom. The molecule has 0 bridgehead atoms. The van der Waals surface area contributed by atoms with E-state index in [0.29, 0.717) is 17.8 Å². The summed E-state index contributed by atoms with van der Waals surface area (Å²) >= 11 is 3.53. The highest BCUT2D eigenvalue weighted by atomic mass is 79.9. The first kappa shape index (κ1) is 18.3. The van der Waals surface area contributed by atoms with Gasteiger partial charge in [0.2, 0.25) is 0 Å². The summed E-state index contributed by atoms with van der Waals surface area (Å²) in [4.78, 5) is 0. The molecule has 0 aliphatic rings. The van der Waals surface area contributed by atoms with Gasteiger partial charge in [0.25, 0.3) is 0 Å². The Morgan fingerprint density at radius 1 is 1.05 bits per heavy atom. The smallest absolute Gasteiger partial charge is 0.174 e. The Labute approximate surface area is 137 Å². The molecule has 0 atom stereocenters. The van der Waals surface area contributed by atoms with Crippen molar-refractivity contribution in [1.29, 1.82) is 0 Å². The number of halogens is 1. The Kier molecular flexibility index (Phi) is 7.53. The SMILES string of the molecule is COc1cc(CNCC(C(C)C)C(C)C)cc(Br)c1OC. The predicted molar refractivity (Wildman–Crippen MR) is 92.1 cm³/mol. The zero-order chi connectivity index (χ0) is 16.0. The molecule has 0 fully saturated rings. The molecule has 0 heterocycles. The molecule has 0 aliphatic heterocycles. The quantitative estimate of drug-likeness (QED) is 0.743. The summed E-state index contributed by atoms with van der Waals surface area (Å²) in [6.45, 7) is 11.0. The zero-order valence-electron chi connectivity index (χ0n) is 14.0. The minimum Gasteiger partial charge on any atom is -0.493 e. The number of rotatable bonds is 8. The normalized spacial score (nSPS) is 11.5. The first-order valence-electron chi connectivity index (χ1n) is 7.51. The van der Waals surface area contributed by atoms with Crippen molar-refractivity contribution in [3.05, 3.63) is 22.2 Å². The van der Waals surface area contributed by atoms with Gasteiger partial charge in [0.1, 0.15) is 0 Å². The molecular weight excluding hydrogens is 330 g/mol. The summed E-state index contributed by atoms with van der Waals surface area (Å²) in [5, 5.41) is 3.56. The van der Waals surface area contributed by atoms with Gasteiger partial charge in [0, 0.05) is 6.54 Å². The van der Waals surface area contributed by atoms with Crippen LogP contribution in [0.1, 0.15) is 33.3 Å².